The first-order valence-corrected chi connectivity index (χ1v) is 6.76. The van der Waals surface area contributed by atoms with E-state index in [2.05, 4.69) is 6.92 Å². The number of aliphatic hydroxyl groups excluding tert-OH is 1. The molecule has 0 amide bonds. The van der Waals surface area contributed by atoms with Gasteiger partial charge in [-0.2, -0.15) is 0 Å². The predicted molar refractivity (Wildman–Crippen MR) is 79.5 cm³/mol. The van der Waals surface area contributed by atoms with Crippen LogP contribution in [0.1, 0.15) is 31.1 Å². The van der Waals surface area contributed by atoms with Gasteiger partial charge < -0.3 is 14.6 Å². The van der Waals surface area contributed by atoms with Crippen molar-refractivity contribution >= 4 is 0 Å². The molecule has 0 aliphatic carbocycles. The van der Waals surface area contributed by atoms with Crippen molar-refractivity contribution in [3.05, 3.63) is 53.6 Å². The molecule has 0 heterocycles. The lowest BCUT2D eigenvalue weighted by atomic mass is 10.1. The molecule has 2 rings (SSSR count). The molecule has 0 fully saturated rings. The molecule has 0 bridgehead atoms. The lowest BCUT2D eigenvalue weighted by Gasteiger charge is -2.12. The second-order valence-corrected chi connectivity index (χ2v) is 4.69. The van der Waals surface area contributed by atoms with Crippen LogP contribution in [0.3, 0.4) is 0 Å². The van der Waals surface area contributed by atoms with Gasteiger partial charge in [0.15, 0.2) is 11.5 Å². The molecular weight excluding hydrogens is 252 g/mol. The van der Waals surface area contributed by atoms with E-state index in [1.54, 1.807) is 14.0 Å². The lowest BCUT2D eigenvalue weighted by molar-refractivity contribution is 0.199. The Balaban J connectivity index is 2.20. The summed E-state index contributed by atoms with van der Waals surface area (Å²) in [6.45, 7) is 3.84. The van der Waals surface area contributed by atoms with Crippen LogP contribution in [-0.4, -0.2) is 12.2 Å². The van der Waals surface area contributed by atoms with Crippen molar-refractivity contribution in [1.82, 2.24) is 0 Å². The van der Waals surface area contributed by atoms with Crippen molar-refractivity contribution in [3.63, 3.8) is 0 Å². The fourth-order valence-corrected chi connectivity index (χ4v) is 1.96. The predicted octanol–water partition coefficient (Wildman–Crippen LogP) is 4.10. The molecule has 0 aromatic heterocycles. The summed E-state index contributed by atoms with van der Waals surface area (Å²) in [5.74, 6) is 2.13. The molecule has 2 aromatic rings. The number of hydrogen-bond acceptors (Lipinski definition) is 3. The highest BCUT2D eigenvalue weighted by molar-refractivity contribution is 5.45. The SMILES string of the molecule is CCc1ccc(Oc2ccc(C(C)O)cc2)c(OC)c1. The molecule has 0 aliphatic heterocycles. The van der Waals surface area contributed by atoms with Gasteiger partial charge in [0.1, 0.15) is 5.75 Å². The summed E-state index contributed by atoms with van der Waals surface area (Å²) >= 11 is 0. The van der Waals surface area contributed by atoms with Crippen LogP contribution in [0.25, 0.3) is 0 Å². The maximum absolute atomic E-state index is 9.48. The van der Waals surface area contributed by atoms with Crippen LogP contribution in [0.5, 0.6) is 17.2 Å². The van der Waals surface area contributed by atoms with E-state index < -0.39 is 6.10 Å². The van der Waals surface area contributed by atoms with Crippen LogP contribution in [0, 0.1) is 0 Å². The molecule has 0 saturated heterocycles. The highest BCUT2D eigenvalue weighted by Gasteiger charge is 2.07. The van der Waals surface area contributed by atoms with E-state index in [4.69, 9.17) is 9.47 Å². The summed E-state index contributed by atoms with van der Waals surface area (Å²) < 4.78 is 11.2. The van der Waals surface area contributed by atoms with Gasteiger partial charge in [-0.05, 0) is 48.7 Å². The fourth-order valence-electron chi connectivity index (χ4n) is 1.96. The van der Waals surface area contributed by atoms with E-state index in [0.717, 1.165) is 23.5 Å². The monoisotopic (exact) mass is 272 g/mol. The summed E-state index contributed by atoms with van der Waals surface area (Å²) in [6.07, 6.45) is 0.488. The Kier molecular flexibility index (Phi) is 4.64. The Hall–Kier alpha value is -2.00. The highest BCUT2D eigenvalue weighted by Crippen LogP contribution is 2.32. The van der Waals surface area contributed by atoms with E-state index in [1.165, 1.54) is 5.56 Å². The van der Waals surface area contributed by atoms with Gasteiger partial charge in [-0.1, -0.05) is 25.1 Å². The quantitative estimate of drug-likeness (QED) is 0.890. The Morgan fingerprint density at radius 1 is 1.05 bits per heavy atom. The molecule has 3 nitrogen and oxygen atoms in total. The van der Waals surface area contributed by atoms with Crippen molar-refractivity contribution < 1.29 is 14.6 Å². The van der Waals surface area contributed by atoms with E-state index >= 15 is 0 Å². The number of ether oxygens (including phenoxy) is 2. The van der Waals surface area contributed by atoms with Crippen molar-refractivity contribution in [3.8, 4) is 17.2 Å². The maximum Gasteiger partial charge on any atom is 0.169 e. The van der Waals surface area contributed by atoms with Gasteiger partial charge >= 0.3 is 0 Å². The lowest BCUT2D eigenvalue weighted by Crippen LogP contribution is -1.93. The van der Waals surface area contributed by atoms with E-state index in [9.17, 15) is 5.11 Å². The van der Waals surface area contributed by atoms with Crippen LogP contribution in [0.4, 0.5) is 0 Å². The first kappa shape index (κ1) is 14.4. The van der Waals surface area contributed by atoms with Gasteiger partial charge in [-0.3, -0.25) is 0 Å². The van der Waals surface area contributed by atoms with Gasteiger partial charge in [0.05, 0.1) is 13.2 Å². The minimum Gasteiger partial charge on any atom is -0.493 e. The van der Waals surface area contributed by atoms with Crippen LogP contribution in [0.2, 0.25) is 0 Å². The van der Waals surface area contributed by atoms with Gasteiger partial charge in [0, 0.05) is 0 Å². The van der Waals surface area contributed by atoms with E-state index in [-0.39, 0.29) is 0 Å². The van der Waals surface area contributed by atoms with Crippen LogP contribution in [0.15, 0.2) is 42.5 Å². The second kappa shape index (κ2) is 6.44. The minimum atomic E-state index is -0.470. The fraction of sp³-hybridized carbons (Fsp3) is 0.294. The Morgan fingerprint density at radius 2 is 1.75 bits per heavy atom. The molecule has 2 aromatic carbocycles. The van der Waals surface area contributed by atoms with E-state index in [1.807, 2.05) is 42.5 Å². The van der Waals surface area contributed by atoms with E-state index in [0.29, 0.717) is 5.75 Å². The van der Waals surface area contributed by atoms with Crippen LogP contribution < -0.4 is 9.47 Å². The molecule has 0 radical (unpaired) electrons. The molecule has 106 valence electrons. The first-order valence-electron chi connectivity index (χ1n) is 6.76. The van der Waals surface area contributed by atoms with Gasteiger partial charge in [-0.15, -0.1) is 0 Å². The van der Waals surface area contributed by atoms with Crippen molar-refractivity contribution in [2.24, 2.45) is 0 Å². The Morgan fingerprint density at radius 3 is 2.30 bits per heavy atom. The Labute approximate surface area is 119 Å². The molecule has 0 aliphatic rings. The van der Waals surface area contributed by atoms with Gasteiger partial charge in [0.2, 0.25) is 0 Å². The highest BCUT2D eigenvalue weighted by atomic mass is 16.5. The van der Waals surface area contributed by atoms with Crippen molar-refractivity contribution in [2.75, 3.05) is 7.11 Å². The Bertz CT molecular complexity index is 559. The maximum atomic E-state index is 9.48. The largest absolute Gasteiger partial charge is 0.493 e. The zero-order chi connectivity index (χ0) is 14.5. The normalized spacial score (nSPS) is 12.0. The van der Waals surface area contributed by atoms with Gasteiger partial charge in [-0.25, -0.2) is 0 Å². The standard InChI is InChI=1S/C17H20O3/c1-4-13-5-10-16(17(11-13)19-3)20-15-8-6-14(7-9-15)12(2)18/h5-12,18H,4H2,1-3H3. The average molecular weight is 272 g/mol. The molecule has 20 heavy (non-hydrogen) atoms. The minimum absolute atomic E-state index is 0.470. The van der Waals surface area contributed by atoms with Crippen molar-refractivity contribution in [1.29, 1.82) is 0 Å². The van der Waals surface area contributed by atoms with Gasteiger partial charge in [0.25, 0.3) is 0 Å². The smallest absolute Gasteiger partial charge is 0.169 e. The zero-order valence-corrected chi connectivity index (χ0v) is 12.1. The summed E-state index contributed by atoms with van der Waals surface area (Å²) in [5, 5.41) is 9.48. The zero-order valence-electron chi connectivity index (χ0n) is 12.1. The van der Waals surface area contributed by atoms with Crippen molar-refractivity contribution in [2.45, 2.75) is 26.4 Å². The average Bonchev–Trinajstić information content (AvgIpc) is 2.48. The summed E-state index contributed by atoms with van der Waals surface area (Å²) in [4.78, 5) is 0. The summed E-state index contributed by atoms with van der Waals surface area (Å²) in [6, 6.07) is 13.3. The molecular formula is C17H20O3. The third kappa shape index (κ3) is 3.31. The molecule has 0 spiro atoms. The first-order chi connectivity index (χ1) is 9.63. The van der Waals surface area contributed by atoms with Crippen LogP contribution >= 0.6 is 0 Å². The molecule has 3 heteroatoms. The molecule has 0 saturated carbocycles. The number of rotatable bonds is 5. The number of hydrogen-bond donors (Lipinski definition) is 1. The van der Waals surface area contributed by atoms with Crippen LogP contribution in [-0.2, 0) is 6.42 Å². The molecule has 1 N–H and O–H groups in total. The number of benzene rings is 2. The number of aliphatic hydroxyl groups is 1. The number of aryl methyl sites for hydroxylation is 1. The topological polar surface area (TPSA) is 38.7 Å². The summed E-state index contributed by atoms with van der Waals surface area (Å²) in [5.41, 5.74) is 2.07. The second-order valence-electron chi connectivity index (χ2n) is 4.69. The summed E-state index contributed by atoms with van der Waals surface area (Å²) in [7, 11) is 1.64. The third-order valence-corrected chi connectivity index (χ3v) is 3.23. The number of methoxy groups -OCH3 is 1. The molecule has 1 unspecified atom stereocenters. The molecule has 1 atom stereocenters. The third-order valence-electron chi connectivity index (χ3n) is 3.23.